The topological polar surface area (TPSA) is 33.7 Å². The normalized spacial score (nSPS) is 14.1. The van der Waals surface area contributed by atoms with Crippen LogP contribution in [0.2, 0.25) is 0 Å². The van der Waals surface area contributed by atoms with Crippen molar-refractivity contribution in [3.63, 3.8) is 0 Å². The Kier molecular flexibility index (Phi) is 11.6. The van der Waals surface area contributed by atoms with E-state index in [1.807, 2.05) is 30.3 Å². The average Bonchev–Trinajstić information content (AvgIpc) is 2.83. The maximum atomic E-state index is 6.20. The Morgan fingerprint density at radius 2 is 1.45 bits per heavy atom. The summed E-state index contributed by atoms with van der Waals surface area (Å²) in [6.45, 7) is 4.61. The van der Waals surface area contributed by atoms with Crippen LogP contribution >= 0.6 is 24.8 Å². The molecule has 0 atom stereocenters. The number of nitrogens with zero attached hydrogens (tertiary/aromatic N) is 1. The van der Waals surface area contributed by atoms with Gasteiger partial charge in [0, 0.05) is 24.7 Å². The summed E-state index contributed by atoms with van der Waals surface area (Å²) in [7, 11) is 1.70. The van der Waals surface area contributed by atoms with Gasteiger partial charge in [0.25, 0.3) is 0 Å². The highest BCUT2D eigenvalue weighted by atomic mass is 35.5. The zero-order valence-corrected chi connectivity index (χ0v) is 20.7. The Morgan fingerprint density at radius 3 is 2.09 bits per heavy atom. The first-order chi connectivity index (χ1) is 15.3. The predicted molar refractivity (Wildman–Crippen MR) is 140 cm³/mol. The summed E-state index contributed by atoms with van der Waals surface area (Å²) in [5.74, 6) is 1.62. The van der Waals surface area contributed by atoms with E-state index in [1.165, 1.54) is 5.56 Å². The third kappa shape index (κ3) is 7.94. The van der Waals surface area contributed by atoms with Crippen LogP contribution in [-0.4, -0.2) is 31.1 Å². The van der Waals surface area contributed by atoms with Crippen LogP contribution in [0.1, 0.15) is 29.5 Å². The molecule has 1 N–H and O–H groups in total. The second kappa shape index (κ2) is 14.1. The van der Waals surface area contributed by atoms with Crippen LogP contribution in [0.4, 0.5) is 0 Å². The summed E-state index contributed by atoms with van der Waals surface area (Å²) in [4.78, 5) is 2.55. The molecule has 1 saturated heterocycles. The largest absolute Gasteiger partial charge is 0.493 e. The average molecular weight is 489 g/mol. The summed E-state index contributed by atoms with van der Waals surface area (Å²) >= 11 is 0. The van der Waals surface area contributed by atoms with Crippen molar-refractivity contribution in [1.82, 2.24) is 10.2 Å². The van der Waals surface area contributed by atoms with Gasteiger partial charge in [-0.3, -0.25) is 4.90 Å². The Labute approximate surface area is 210 Å². The molecule has 0 unspecified atom stereocenters. The molecule has 1 heterocycles. The highest BCUT2D eigenvalue weighted by molar-refractivity contribution is 5.85. The lowest BCUT2D eigenvalue weighted by molar-refractivity contribution is 0.189. The van der Waals surface area contributed by atoms with Crippen molar-refractivity contribution in [3.8, 4) is 11.5 Å². The van der Waals surface area contributed by atoms with Gasteiger partial charge >= 0.3 is 0 Å². The smallest absolute Gasteiger partial charge is 0.166 e. The molecule has 3 aromatic carbocycles. The standard InChI is InChI=1S/C27H32N2O2.2ClH/c1-30-26-14-8-13-24(27(26)31-21-23-11-6-3-7-12-23)19-28-25-15-17-29(18-16-25)20-22-9-4-2-5-10-22;;/h2-14,25,28H,15-21H2,1H3;2*1H. The van der Waals surface area contributed by atoms with Gasteiger partial charge in [-0.15, -0.1) is 24.8 Å². The second-order valence-corrected chi connectivity index (χ2v) is 8.14. The molecular weight excluding hydrogens is 455 g/mol. The van der Waals surface area contributed by atoms with E-state index in [0.29, 0.717) is 12.6 Å². The van der Waals surface area contributed by atoms with Crippen molar-refractivity contribution in [1.29, 1.82) is 0 Å². The second-order valence-electron chi connectivity index (χ2n) is 8.14. The van der Waals surface area contributed by atoms with E-state index in [1.54, 1.807) is 7.11 Å². The monoisotopic (exact) mass is 488 g/mol. The van der Waals surface area contributed by atoms with E-state index in [-0.39, 0.29) is 24.8 Å². The minimum atomic E-state index is 0. The number of benzene rings is 3. The zero-order chi connectivity index (χ0) is 21.3. The molecule has 1 aliphatic heterocycles. The molecule has 0 saturated carbocycles. The predicted octanol–water partition coefficient (Wildman–Crippen LogP) is 5.87. The van der Waals surface area contributed by atoms with Crippen LogP contribution in [0.15, 0.2) is 78.9 Å². The molecule has 0 radical (unpaired) electrons. The van der Waals surface area contributed by atoms with E-state index >= 15 is 0 Å². The molecule has 4 nitrogen and oxygen atoms in total. The molecular formula is C27H34Cl2N2O2. The van der Waals surface area contributed by atoms with E-state index < -0.39 is 0 Å². The van der Waals surface area contributed by atoms with Crippen molar-refractivity contribution in [2.24, 2.45) is 0 Å². The van der Waals surface area contributed by atoms with Gasteiger partial charge in [0.15, 0.2) is 11.5 Å². The van der Waals surface area contributed by atoms with Gasteiger partial charge < -0.3 is 14.8 Å². The van der Waals surface area contributed by atoms with E-state index in [0.717, 1.165) is 61.6 Å². The van der Waals surface area contributed by atoms with Gasteiger partial charge in [0.05, 0.1) is 7.11 Å². The lowest BCUT2D eigenvalue weighted by Crippen LogP contribution is -2.41. The highest BCUT2D eigenvalue weighted by Crippen LogP contribution is 2.32. The maximum absolute atomic E-state index is 6.20. The Morgan fingerprint density at radius 1 is 0.818 bits per heavy atom. The van der Waals surface area contributed by atoms with Crippen LogP contribution < -0.4 is 14.8 Å². The number of hydrogen-bond acceptors (Lipinski definition) is 4. The first kappa shape index (κ1) is 27.0. The van der Waals surface area contributed by atoms with Gasteiger partial charge in [-0.1, -0.05) is 72.8 Å². The molecule has 6 heteroatoms. The van der Waals surface area contributed by atoms with Gasteiger partial charge in [-0.05, 0) is 43.1 Å². The minimum Gasteiger partial charge on any atom is -0.493 e. The minimum absolute atomic E-state index is 0. The summed E-state index contributed by atoms with van der Waals surface area (Å²) in [5.41, 5.74) is 3.69. The number of rotatable bonds is 9. The van der Waals surface area contributed by atoms with Crippen LogP contribution in [0.3, 0.4) is 0 Å². The molecule has 33 heavy (non-hydrogen) atoms. The number of likely N-dealkylation sites (tertiary alicyclic amines) is 1. The van der Waals surface area contributed by atoms with E-state index in [9.17, 15) is 0 Å². The Hall–Kier alpha value is -2.24. The number of piperidine rings is 1. The molecule has 3 aromatic rings. The van der Waals surface area contributed by atoms with Gasteiger partial charge in [-0.2, -0.15) is 0 Å². The van der Waals surface area contributed by atoms with E-state index in [4.69, 9.17) is 9.47 Å². The Balaban J connectivity index is 0.00000193. The van der Waals surface area contributed by atoms with Gasteiger partial charge in [0.1, 0.15) is 6.61 Å². The fraction of sp³-hybridized carbons (Fsp3) is 0.333. The lowest BCUT2D eigenvalue weighted by atomic mass is 10.0. The quantitative estimate of drug-likeness (QED) is 0.408. The zero-order valence-electron chi connectivity index (χ0n) is 19.1. The summed E-state index contributed by atoms with van der Waals surface area (Å²) in [5, 5.41) is 3.75. The molecule has 1 fully saturated rings. The van der Waals surface area contributed by atoms with Crippen molar-refractivity contribution >= 4 is 24.8 Å². The molecule has 0 amide bonds. The van der Waals surface area contributed by atoms with Crippen molar-refractivity contribution in [2.45, 2.75) is 38.6 Å². The van der Waals surface area contributed by atoms with Crippen molar-refractivity contribution in [2.75, 3.05) is 20.2 Å². The summed E-state index contributed by atoms with van der Waals surface area (Å²) in [6, 6.07) is 27.6. The fourth-order valence-corrected chi connectivity index (χ4v) is 4.15. The molecule has 0 aromatic heterocycles. The molecule has 178 valence electrons. The number of ether oxygens (including phenoxy) is 2. The SMILES string of the molecule is COc1cccc(CNC2CCN(Cc3ccccc3)CC2)c1OCc1ccccc1.Cl.Cl. The van der Waals surface area contributed by atoms with Gasteiger partial charge in [0.2, 0.25) is 0 Å². The van der Waals surface area contributed by atoms with Crippen molar-refractivity contribution in [3.05, 3.63) is 95.6 Å². The third-order valence-corrected chi connectivity index (χ3v) is 5.92. The first-order valence-corrected chi connectivity index (χ1v) is 11.1. The number of methoxy groups -OCH3 is 1. The van der Waals surface area contributed by atoms with Crippen LogP contribution in [0.5, 0.6) is 11.5 Å². The summed E-state index contributed by atoms with van der Waals surface area (Å²) in [6.07, 6.45) is 2.33. The number of nitrogens with one attached hydrogen (secondary N) is 1. The molecule has 1 aliphatic rings. The maximum Gasteiger partial charge on any atom is 0.166 e. The van der Waals surface area contributed by atoms with Crippen LogP contribution in [0, 0.1) is 0 Å². The molecule has 4 rings (SSSR count). The van der Waals surface area contributed by atoms with Gasteiger partial charge in [-0.25, -0.2) is 0 Å². The lowest BCUT2D eigenvalue weighted by Gasteiger charge is -2.32. The summed E-state index contributed by atoms with van der Waals surface area (Å²) < 4.78 is 11.8. The fourth-order valence-electron chi connectivity index (χ4n) is 4.15. The van der Waals surface area contributed by atoms with Crippen molar-refractivity contribution < 1.29 is 9.47 Å². The molecule has 0 bridgehead atoms. The third-order valence-electron chi connectivity index (χ3n) is 5.92. The highest BCUT2D eigenvalue weighted by Gasteiger charge is 2.20. The number of hydrogen-bond donors (Lipinski definition) is 1. The van der Waals surface area contributed by atoms with Crippen LogP contribution in [0.25, 0.3) is 0 Å². The van der Waals surface area contributed by atoms with E-state index in [2.05, 4.69) is 58.7 Å². The molecule has 0 aliphatic carbocycles. The first-order valence-electron chi connectivity index (χ1n) is 11.1. The number of halogens is 2. The van der Waals surface area contributed by atoms with Crippen LogP contribution in [-0.2, 0) is 19.7 Å². The Bertz CT molecular complexity index is 933. The number of para-hydroxylation sites is 1. The molecule has 0 spiro atoms.